The predicted octanol–water partition coefficient (Wildman–Crippen LogP) is 1.74. The Kier molecular flexibility index (Phi) is 6.45. The average Bonchev–Trinajstić information content (AvgIpc) is 2.95. The molecule has 1 heterocycles. The average molecular weight is 371 g/mol. The number of carboxylic acids is 1. The van der Waals surface area contributed by atoms with Crippen molar-refractivity contribution >= 4 is 40.8 Å². The number of ether oxygens (including phenoxy) is 1. The highest BCUT2D eigenvalue weighted by molar-refractivity contribution is 6.34. The quantitative estimate of drug-likeness (QED) is 0.763. The first kappa shape index (κ1) is 18.1. The van der Waals surface area contributed by atoms with E-state index in [0.717, 1.165) is 0 Å². The van der Waals surface area contributed by atoms with Gasteiger partial charge in [-0.2, -0.15) is 5.10 Å². The Morgan fingerprint density at radius 3 is 2.88 bits per heavy atom. The lowest BCUT2D eigenvalue weighted by Gasteiger charge is -2.08. The molecule has 24 heavy (non-hydrogen) atoms. The predicted molar refractivity (Wildman–Crippen MR) is 87.1 cm³/mol. The van der Waals surface area contributed by atoms with Crippen LogP contribution in [-0.2, 0) is 16.1 Å². The Morgan fingerprint density at radius 2 is 2.12 bits per heavy atom. The lowest BCUT2D eigenvalue weighted by molar-refractivity contribution is -0.305. The van der Waals surface area contributed by atoms with Crippen LogP contribution in [0.2, 0.25) is 10.0 Å². The van der Waals surface area contributed by atoms with Crippen LogP contribution < -0.4 is 15.2 Å². The van der Waals surface area contributed by atoms with E-state index < -0.39 is 5.97 Å². The van der Waals surface area contributed by atoms with Crippen LogP contribution in [0.4, 0.5) is 5.69 Å². The Morgan fingerprint density at radius 1 is 1.33 bits per heavy atom. The van der Waals surface area contributed by atoms with Gasteiger partial charge in [0.05, 0.1) is 16.9 Å². The zero-order valence-electron chi connectivity index (χ0n) is 12.5. The number of aryl methyl sites for hydroxylation is 1. The smallest absolute Gasteiger partial charge is 0.262 e. The van der Waals surface area contributed by atoms with Crippen LogP contribution in [0.3, 0.4) is 0 Å². The monoisotopic (exact) mass is 370 g/mol. The van der Waals surface area contributed by atoms with Gasteiger partial charge in [-0.15, -0.1) is 0 Å². The van der Waals surface area contributed by atoms with Crippen LogP contribution in [0.15, 0.2) is 30.6 Å². The molecule has 0 spiro atoms. The molecule has 0 aliphatic carbocycles. The second-order valence-corrected chi connectivity index (χ2v) is 5.72. The van der Waals surface area contributed by atoms with Gasteiger partial charge in [-0.3, -0.25) is 9.48 Å². The molecule has 1 aromatic heterocycles. The van der Waals surface area contributed by atoms with Gasteiger partial charge in [0.1, 0.15) is 5.75 Å². The highest BCUT2D eigenvalue weighted by atomic mass is 35.5. The molecule has 2 aromatic rings. The summed E-state index contributed by atoms with van der Waals surface area (Å²) >= 11 is 11.8. The highest BCUT2D eigenvalue weighted by Gasteiger charge is 2.08. The molecule has 0 saturated heterocycles. The maximum Gasteiger partial charge on any atom is 0.262 e. The van der Waals surface area contributed by atoms with Crippen molar-refractivity contribution in [1.29, 1.82) is 0 Å². The number of hydrogen-bond acceptors (Lipinski definition) is 5. The summed E-state index contributed by atoms with van der Waals surface area (Å²) in [6, 6.07) is 4.71. The van der Waals surface area contributed by atoms with Crippen LogP contribution >= 0.6 is 23.2 Å². The van der Waals surface area contributed by atoms with E-state index in [1.807, 2.05) is 0 Å². The number of carbonyl (C=O) groups excluding carboxylic acids is 2. The lowest BCUT2D eigenvalue weighted by atomic mass is 10.3. The van der Waals surface area contributed by atoms with E-state index in [1.54, 1.807) is 18.3 Å². The number of aromatic nitrogens is 2. The molecule has 7 nitrogen and oxygen atoms in total. The normalized spacial score (nSPS) is 10.4. The zero-order chi connectivity index (χ0) is 17.5. The third-order valence-corrected chi connectivity index (χ3v) is 3.48. The van der Waals surface area contributed by atoms with Crippen molar-refractivity contribution in [1.82, 2.24) is 9.78 Å². The van der Waals surface area contributed by atoms with Crippen molar-refractivity contribution in [2.45, 2.75) is 19.4 Å². The van der Waals surface area contributed by atoms with Crippen molar-refractivity contribution in [3.05, 3.63) is 40.6 Å². The lowest BCUT2D eigenvalue weighted by Crippen LogP contribution is -2.22. The Hall–Kier alpha value is -2.25. The third kappa shape index (κ3) is 5.75. The summed E-state index contributed by atoms with van der Waals surface area (Å²) in [5.41, 5.74) is 0.481. The Balaban J connectivity index is 1.81. The van der Waals surface area contributed by atoms with Crippen molar-refractivity contribution < 1.29 is 19.4 Å². The van der Waals surface area contributed by atoms with Gasteiger partial charge in [0.2, 0.25) is 0 Å². The number of hydrogen-bond donors (Lipinski definition) is 1. The largest absolute Gasteiger partial charge is 0.550 e. The van der Waals surface area contributed by atoms with Gasteiger partial charge in [-0.25, -0.2) is 0 Å². The Bertz CT molecular complexity index is 733. The first-order valence-corrected chi connectivity index (χ1v) is 7.79. The molecule has 0 aliphatic heterocycles. The maximum absolute atomic E-state index is 11.9. The van der Waals surface area contributed by atoms with Gasteiger partial charge in [-0.05, 0) is 25.0 Å². The molecule has 0 atom stereocenters. The van der Waals surface area contributed by atoms with Gasteiger partial charge in [0.15, 0.2) is 6.61 Å². The number of anilines is 1. The van der Waals surface area contributed by atoms with Crippen molar-refractivity contribution in [3.8, 4) is 5.75 Å². The third-order valence-electron chi connectivity index (χ3n) is 2.94. The van der Waals surface area contributed by atoms with Crippen LogP contribution in [0, 0.1) is 0 Å². The van der Waals surface area contributed by atoms with E-state index in [2.05, 4.69) is 10.4 Å². The van der Waals surface area contributed by atoms with Gasteiger partial charge in [0.25, 0.3) is 5.91 Å². The van der Waals surface area contributed by atoms with Gasteiger partial charge >= 0.3 is 0 Å². The molecule has 1 amide bonds. The van der Waals surface area contributed by atoms with E-state index in [4.69, 9.17) is 27.9 Å². The zero-order valence-corrected chi connectivity index (χ0v) is 14.0. The summed E-state index contributed by atoms with van der Waals surface area (Å²) in [4.78, 5) is 22.2. The number of nitrogens with one attached hydrogen (secondary N) is 1. The van der Waals surface area contributed by atoms with Crippen molar-refractivity contribution in [2.75, 3.05) is 11.9 Å². The van der Waals surface area contributed by atoms with Gasteiger partial charge in [-0.1, -0.05) is 23.2 Å². The van der Waals surface area contributed by atoms with Crippen LogP contribution in [0.25, 0.3) is 0 Å². The fourth-order valence-corrected chi connectivity index (χ4v) is 2.20. The number of carboxylic acid groups (broad SMARTS) is 1. The summed E-state index contributed by atoms with van der Waals surface area (Å²) < 4.78 is 6.86. The highest BCUT2D eigenvalue weighted by Crippen LogP contribution is 2.27. The van der Waals surface area contributed by atoms with E-state index in [1.165, 1.54) is 16.9 Å². The first-order valence-electron chi connectivity index (χ1n) is 7.04. The molecular formula is C15H14Cl2N3O4-. The number of rotatable bonds is 8. The van der Waals surface area contributed by atoms with Crippen molar-refractivity contribution in [3.63, 3.8) is 0 Å². The minimum Gasteiger partial charge on any atom is -0.550 e. The molecule has 0 bridgehead atoms. The number of amides is 1. The van der Waals surface area contributed by atoms with Crippen LogP contribution in [0.5, 0.6) is 5.75 Å². The van der Waals surface area contributed by atoms with Crippen molar-refractivity contribution in [2.24, 2.45) is 0 Å². The summed E-state index contributed by atoms with van der Waals surface area (Å²) in [5, 5.41) is 17.8. The molecule has 0 unspecified atom stereocenters. The maximum atomic E-state index is 11.9. The molecule has 128 valence electrons. The molecule has 0 saturated carbocycles. The molecule has 9 heteroatoms. The van der Waals surface area contributed by atoms with Gasteiger partial charge in [0, 0.05) is 29.8 Å². The summed E-state index contributed by atoms with van der Waals surface area (Å²) in [6.07, 6.45) is 3.41. The topological polar surface area (TPSA) is 96.3 Å². The van der Waals surface area contributed by atoms with E-state index in [-0.39, 0.29) is 18.9 Å². The number of nitrogens with zero attached hydrogens (tertiary/aromatic N) is 2. The van der Waals surface area contributed by atoms with Crippen LogP contribution in [0.1, 0.15) is 12.8 Å². The first-order chi connectivity index (χ1) is 11.4. The molecule has 1 aromatic carbocycles. The SMILES string of the molecule is O=C([O-])CCCn1cc(NC(=O)COc2cc(Cl)ccc2Cl)cn1. The van der Waals surface area contributed by atoms with E-state index in [9.17, 15) is 14.7 Å². The second kappa shape index (κ2) is 8.56. The van der Waals surface area contributed by atoms with Gasteiger partial charge < -0.3 is 20.0 Å². The summed E-state index contributed by atoms with van der Waals surface area (Å²) in [5.74, 6) is -1.18. The molecule has 0 radical (unpaired) electrons. The fraction of sp³-hybridized carbons (Fsp3) is 0.267. The minimum absolute atomic E-state index is 0.0458. The van der Waals surface area contributed by atoms with Crippen LogP contribution in [-0.4, -0.2) is 28.3 Å². The van der Waals surface area contributed by atoms with E-state index in [0.29, 0.717) is 34.4 Å². The number of halogens is 2. The molecule has 1 N–H and O–H groups in total. The number of carbonyl (C=O) groups is 2. The molecule has 2 rings (SSSR count). The summed E-state index contributed by atoms with van der Waals surface area (Å²) in [7, 11) is 0. The number of benzene rings is 1. The Labute approximate surface area is 148 Å². The number of aliphatic carboxylic acids is 1. The molecule has 0 aliphatic rings. The second-order valence-electron chi connectivity index (χ2n) is 4.88. The summed E-state index contributed by atoms with van der Waals surface area (Å²) in [6.45, 7) is 0.175. The van der Waals surface area contributed by atoms with E-state index >= 15 is 0 Å². The minimum atomic E-state index is -1.10. The molecular weight excluding hydrogens is 357 g/mol. The standard InChI is InChI=1S/C15H15Cl2N3O4/c16-10-3-4-12(17)13(6-10)24-9-14(21)19-11-7-18-20(8-11)5-1-2-15(22)23/h3-4,6-8H,1-2,5,9H2,(H,19,21)(H,22,23)/p-1. The molecule has 0 fully saturated rings. The fourth-order valence-electron chi connectivity index (χ4n) is 1.86.